The van der Waals surface area contributed by atoms with Crippen molar-refractivity contribution in [3.63, 3.8) is 0 Å². The van der Waals surface area contributed by atoms with Crippen molar-refractivity contribution in [2.45, 2.75) is 26.3 Å². The molecule has 26 heavy (non-hydrogen) atoms. The van der Waals surface area contributed by atoms with E-state index < -0.39 is 0 Å². The number of urea groups is 1. The number of amides is 2. The fraction of sp³-hybridized carbons (Fsp3) is 0.400. The van der Waals surface area contributed by atoms with Crippen molar-refractivity contribution in [1.29, 1.82) is 0 Å². The minimum Gasteiger partial charge on any atom is -0.378 e. The van der Waals surface area contributed by atoms with E-state index in [2.05, 4.69) is 40.4 Å². The Kier molecular flexibility index (Phi) is 6.07. The summed E-state index contributed by atoms with van der Waals surface area (Å²) in [6.07, 6.45) is 1.78. The van der Waals surface area contributed by atoms with Gasteiger partial charge in [0, 0.05) is 37.1 Å². The molecule has 1 aliphatic heterocycles. The highest BCUT2D eigenvalue weighted by atomic mass is 16.5. The van der Waals surface area contributed by atoms with Crippen molar-refractivity contribution >= 4 is 17.5 Å². The molecule has 1 aromatic heterocycles. The third kappa shape index (κ3) is 4.73. The van der Waals surface area contributed by atoms with E-state index in [0.717, 1.165) is 30.2 Å². The molecule has 0 bridgehead atoms. The number of nitrogens with one attached hydrogen (secondary N) is 2. The van der Waals surface area contributed by atoms with Crippen molar-refractivity contribution in [3.8, 4) is 0 Å². The predicted octanol–water partition coefficient (Wildman–Crippen LogP) is 3.36. The number of hydrogen-bond acceptors (Lipinski definition) is 4. The fourth-order valence-electron chi connectivity index (χ4n) is 2.95. The Morgan fingerprint density at radius 2 is 2.04 bits per heavy atom. The van der Waals surface area contributed by atoms with Crippen molar-refractivity contribution in [2.75, 3.05) is 36.5 Å². The number of morpholine rings is 1. The third-order valence-corrected chi connectivity index (χ3v) is 4.43. The van der Waals surface area contributed by atoms with E-state index >= 15 is 0 Å². The maximum Gasteiger partial charge on any atom is 0.319 e. The van der Waals surface area contributed by atoms with Crippen LogP contribution >= 0.6 is 0 Å². The van der Waals surface area contributed by atoms with Gasteiger partial charge < -0.3 is 20.3 Å². The molecule has 1 saturated heterocycles. The lowest BCUT2D eigenvalue weighted by Gasteiger charge is -2.29. The number of aromatic nitrogens is 1. The Balaban J connectivity index is 1.60. The van der Waals surface area contributed by atoms with Gasteiger partial charge in [0.2, 0.25) is 0 Å². The maximum atomic E-state index is 12.3. The first kappa shape index (κ1) is 18.2. The van der Waals surface area contributed by atoms with E-state index in [-0.39, 0.29) is 6.03 Å². The van der Waals surface area contributed by atoms with E-state index in [0.29, 0.717) is 25.7 Å². The number of rotatable bonds is 5. The number of ether oxygens (including phenoxy) is 1. The zero-order chi connectivity index (χ0) is 18.4. The molecule has 6 nitrogen and oxygen atoms in total. The number of anilines is 2. The van der Waals surface area contributed by atoms with Crippen LogP contribution in [0.2, 0.25) is 0 Å². The monoisotopic (exact) mass is 354 g/mol. The first-order chi connectivity index (χ1) is 12.6. The van der Waals surface area contributed by atoms with Gasteiger partial charge in [-0.25, -0.2) is 9.78 Å². The largest absolute Gasteiger partial charge is 0.378 e. The van der Waals surface area contributed by atoms with E-state index in [1.165, 1.54) is 5.56 Å². The quantitative estimate of drug-likeness (QED) is 0.864. The van der Waals surface area contributed by atoms with Crippen molar-refractivity contribution in [2.24, 2.45) is 0 Å². The minimum absolute atomic E-state index is 0.220. The normalized spacial score (nSPS) is 14.3. The molecule has 0 radical (unpaired) electrons. The van der Waals surface area contributed by atoms with Crippen molar-refractivity contribution in [1.82, 2.24) is 10.3 Å². The zero-order valence-corrected chi connectivity index (χ0v) is 15.4. The van der Waals surface area contributed by atoms with Crippen molar-refractivity contribution in [3.05, 3.63) is 53.7 Å². The summed E-state index contributed by atoms with van der Waals surface area (Å²) in [5.41, 5.74) is 3.00. The summed E-state index contributed by atoms with van der Waals surface area (Å²) in [7, 11) is 0. The average molecular weight is 354 g/mol. The van der Waals surface area contributed by atoms with Gasteiger partial charge in [-0.15, -0.1) is 0 Å². The first-order valence-electron chi connectivity index (χ1n) is 9.05. The molecule has 3 rings (SSSR count). The Bertz CT molecular complexity index is 742. The number of carbonyl (C=O) groups excluding carboxylic acids is 1. The zero-order valence-electron chi connectivity index (χ0n) is 15.4. The standard InChI is InChI=1S/C20H26N4O2/c1-15(2)16-5-3-7-18(13-16)23-20(25)22-14-17-6-4-8-21-19(17)24-9-11-26-12-10-24/h3-8,13,15H,9-12,14H2,1-2H3,(H2,22,23,25). The van der Waals surface area contributed by atoms with Crippen LogP contribution in [0.1, 0.15) is 30.9 Å². The third-order valence-electron chi connectivity index (χ3n) is 4.43. The molecular formula is C20H26N4O2. The summed E-state index contributed by atoms with van der Waals surface area (Å²) in [5.74, 6) is 1.34. The molecule has 0 spiro atoms. The van der Waals surface area contributed by atoms with Gasteiger partial charge in [-0.1, -0.05) is 32.0 Å². The Hall–Kier alpha value is -2.60. The minimum atomic E-state index is -0.220. The van der Waals surface area contributed by atoms with E-state index in [1.54, 1.807) is 6.20 Å². The Morgan fingerprint density at radius 1 is 1.23 bits per heavy atom. The molecule has 6 heteroatoms. The molecule has 2 heterocycles. The Morgan fingerprint density at radius 3 is 2.81 bits per heavy atom. The molecule has 1 aromatic carbocycles. The topological polar surface area (TPSA) is 66.5 Å². The highest BCUT2D eigenvalue weighted by molar-refractivity contribution is 5.89. The lowest BCUT2D eigenvalue weighted by Crippen LogP contribution is -2.38. The van der Waals surface area contributed by atoms with Gasteiger partial charge in [0.15, 0.2) is 0 Å². The van der Waals surface area contributed by atoms with Crippen LogP contribution in [0.15, 0.2) is 42.6 Å². The number of pyridine rings is 1. The smallest absolute Gasteiger partial charge is 0.319 e. The summed E-state index contributed by atoms with van der Waals surface area (Å²) in [6, 6.07) is 11.6. The number of nitrogens with zero attached hydrogens (tertiary/aromatic N) is 2. The van der Waals surface area contributed by atoms with E-state index in [4.69, 9.17) is 4.74 Å². The van der Waals surface area contributed by atoms with Gasteiger partial charge in [0.1, 0.15) is 5.82 Å². The molecule has 138 valence electrons. The molecule has 1 fully saturated rings. The van der Waals surface area contributed by atoms with Crippen LogP contribution in [0.4, 0.5) is 16.3 Å². The van der Waals surface area contributed by atoms with E-state index in [9.17, 15) is 4.79 Å². The summed E-state index contributed by atoms with van der Waals surface area (Å²) in [4.78, 5) is 19.0. The fourth-order valence-corrected chi connectivity index (χ4v) is 2.95. The second kappa shape index (κ2) is 8.67. The summed E-state index contributed by atoms with van der Waals surface area (Å²) in [5, 5.41) is 5.83. The SMILES string of the molecule is CC(C)c1cccc(NC(=O)NCc2cccnc2N2CCOCC2)c1. The molecule has 0 unspecified atom stereocenters. The second-order valence-corrected chi connectivity index (χ2v) is 6.67. The molecule has 1 aliphatic rings. The molecule has 0 aliphatic carbocycles. The van der Waals surface area contributed by atoms with Crippen molar-refractivity contribution < 1.29 is 9.53 Å². The van der Waals surface area contributed by atoms with Gasteiger partial charge in [-0.05, 0) is 29.7 Å². The van der Waals surface area contributed by atoms with Gasteiger partial charge in [0.25, 0.3) is 0 Å². The molecule has 0 atom stereocenters. The van der Waals surface area contributed by atoms with Gasteiger partial charge in [0.05, 0.1) is 13.2 Å². The summed E-state index contributed by atoms with van der Waals surface area (Å²) in [6.45, 7) is 7.74. The van der Waals surface area contributed by atoms with E-state index in [1.807, 2.05) is 30.3 Å². The maximum absolute atomic E-state index is 12.3. The van der Waals surface area contributed by atoms with Crippen LogP contribution in [0.5, 0.6) is 0 Å². The number of carbonyl (C=O) groups is 1. The van der Waals surface area contributed by atoms with Crippen LogP contribution in [-0.4, -0.2) is 37.3 Å². The molecule has 2 aromatic rings. The van der Waals surface area contributed by atoms with Crippen LogP contribution in [0.3, 0.4) is 0 Å². The van der Waals surface area contributed by atoms with Crippen LogP contribution in [-0.2, 0) is 11.3 Å². The molecular weight excluding hydrogens is 328 g/mol. The number of benzene rings is 1. The lowest BCUT2D eigenvalue weighted by molar-refractivity contribution is 0.122. The molecule has 2 amide bonds. The number of hydrogen-bond donors (Lipinski definition) is 2. The lowest BCUT2D eigenvalue weighted by atomic mass is 10.0. The summed E-state index contributed by atoms with van der Waals surface area (Å²) >= 11 is 0. The van der Waals surface area contributed by atoms with Crippen LogP contribution < -0.4 is 15.5 Å². The second-order valence-electron chi connectivity index (χ2n) is 6.67. The van der Waals surface area contributed by atoms with Crippen LogP contribution in [0.25, 0.3) is 0 Å². The highest BCUT2D eigenvalue weighted by Gasteiger charge is 2.16. The predicted molar refractivity (Wildman–Crippen MR) is 104 cm³/mol. The highest BCUT2D eigenvalue weighted by Crippen LogP contribution is 2.19. The Labute approximate surface area is 154 Å². The van der Waals surface area contributed by atoms with Gasteiger partial charge >= 0.3 is 6.03 Å². The van der Waals surface area contributed by atoms with Gasteiger partial charge in [-0.3, -0.25) is 0 Å². The van der Waals surface area contributed by atoms with Crippen LogP contribution in [0, 0.1) is 0 Å². The molecule has 2 N–H and O–H groups in total. The van der Waals surface area contributed by atoms with Gasteiger partial charge in [-0.2, -0.15) is 0 Å². The first-order valence-corrected chi connectivity index (χ1v) is 9.05. The average Bonchev–Trinajstić information content (AvgIpc) is 2.67. The summed E-state index contributed by atoms with van der Waals surface area (Å²) < 4.78 is 5.40. The molecule has 0 saturated carbocycles.